The van der Waals surface area contributed by atoms with Gasteiger partial charge in [-0.2, -0.15) is 8.42 Å². The monoisotopic (exact) mass is 503 g/mol. The molecule has 0 spiro atoms. The van der Waals surface area contributed by atoms with Gasteiger partial charge in [-0.1, -0.05) is 12.1 Å². The highest BCUT2D eigenvalue weighted by molar-refractivity contribution is 7.81. The molecule has 0 saturated heterocycles. The molecule has 0 aliphatic carbocycles. The molecule has 4 rings (SSSR count). The number of rotatable bonds is 9. The van der Waals surface area contributed by atoms with E-state index in [1.54, 1.807) is 30.6 Å². The van der Waals surface area contributed by atoms with Gasteiger partial charge in [0.25, 0.3) is 6.29 Å². The normalized spacial score (nSPS) is 16.2. The third-order valence-electron chi connectivity index (χ3n) is 5.28. The molecule has 0 saturated carbocycles. The summed E-state index contributed by atoms with van der Waals surface area (Å²) in [7, 11) is -0.631. The molecular weight excluding hydrogens is 478 g/mol. The fraction of sp³-hybridized carbons (Fsp3) is 0.261. The van der Waals surface area contributed by atoms with Gasteiger partial charge in [0.05, 0.1) is 12.0 Å². The summed E-state index contributed by atoms with van der Waals surface area (Å²) in [5.74, 6) is 0.348. The molecule has 0 fully saturated rings. The second-order valence-corrected chi connectivity index (χ2v) is 9.24. The summed E-state index contributed by atoms with van der Waals surface area (Å²) in [6.07, 6.45) is 5.63. The van der Waals surface area contributed by atoms with E-state index in [2.05, 4.69) is 14.1 Å². The Morgan fingerprint density at radius 2 is 1.91 bits per heavy atom. The molecule has 0 unspecified atom stereocenters. The Labute approximate surface area is 202 Å². The minimum atomic E-state index is -4.59. The molecule has 1 aliphatic heterocycles. The summed E-state index contributed by atoms with van der Waals surface area (Å²) in [6.45, 7) is 0.821. The lowest BCUT2D eigenvalue weighted by atomic mass is 10.1. The largest absolute Gasteiger partial charge is 0.504 e. The van der Waals surface area contributed by atoms with E-state index in [0.29, 0.717) is 22.6 Å². The second kappa shape index (κ2) is 9.86. The summed E-state index contributed by atoms with van der Waals surface area (Å²) >= 11 is 0. The number of phenolic OH excluding ortho intramolecular Hbond substituents is 2. The smallest absolute Gasteiger partial charge is 0.445 e. The van der Waals surface area contributed by atoms with Gasteiger partial charge in [-0.15, -0.1) is 0 Å². The Balaban J connectivity index is 1.61. The van der Waals surface area contributed by atoms with Gasteiger partial charge in [0.2, 0.25) is 0 Å². The first-order chi connectivity index (χ1) is 16.6. The lowest BCUT2D eigenvalue weighted by Gasteiger charge is -2.24. The Morgan fingerprint density at radius 1 is 1.14 bits per heavy atom. The Bertz CT molecular complexity index is 1340. The minimum absolute atomic E-state index is 0.245. The van der Waals surface area contributed by atoms with E-state index in [1.165, 1.54) is 18.2 Å². The SMILES string of the molecule is CN(C)CCc1cn([C@@H](c2ccc(O)c(O)c2)[C@@H]2Oc3ccc(/C=C/OS(=O)(=O)O)cc3O2)cn1. The molecule has 0 bridgehead atoms. The number of ether oxygens (including phenoxy) is 2. The van der Waals surface area contributed by atoms with Crippen molar-refractivity contribution in [1.29, 1.82) is 0 Å². The van der Waals surface area contributed by atoms with Crippen LogP contribution in [-0.2, 0) is 21.0 Å². The van der Waals surface area contributed by atoms with E-state index in [1.807, 2.05) is 24.9 Å². The van der Waals surface area contributed by atoms with Gasteiger partial charge in [-0.25, -0.2) is 4.98 Å². The zero-order valence-corrected chi connectivity index (χ0v) is 19.8. The molecular formula is C23H25N3O8S. The molecule has 2 heterocycles. The molecule has 2 aromatic carbocycles. The first-order valence-corrected chi connectivity index (χ1v) is 11.9. The van der Waals surface area contributed by atoms with Crippen LogP contribution in [0, 0.1) is 0 Å². The van der Waals surface area contributed by atoms with Crippen molar-refractivity contribution < 1.29 is 36.8 Å². The molecule has 3 N–H and O–H groups in total. The molecule has 1 aliphatic rings. The molecule has 0 radical (unpaired) electrons. The maximum Gasteiger partial charge on any atom is 0.445 e. The number of aromatic hydroxyl groups is 2. The standard InChI is InChI=1S/C23H25N3O8S/c1-25(2)9-7-17-13-26(14-24-17)22(16-4-5-18(27)19(28)12-16)23-33-20-6-3-15(11-21(20)34-23)8-10-32-35(29,30)31/h3-6,8,10-14,22-23,27-28H,7,9H2,1-2H3,(H,29,30,31)/b10-8+/t22-,23+/m0/s1. The maximum absolute atomic E-state index is 10.7. The van der Waals surface area contributed by atoms with Crippen LogP contribution in [0.1, 0.15) is 22.9 Å². The average Bonchev–Trinajstić information content (AvgIpc) is 3.41. The van der Waals surface area contributed by atoms with Crippen molar-refractivity contribution in [1.82, 2.24) is 14.5 Å². The zero-order valence-electron chi connectivity index (χ0n) is 19.0. The van der Waals surface area contributed by atoms with Crippen molar-refractivity contribution in [3.63, 3.8) is 0 Å². The fourth-order valence-corrected chi connectivity index (χ4v) is 3.79. The fourth-order valence-electron chi connectivity index (χ4n) is 3.59. The van der Waals surface area contributed by atoms with Gasteiger partial charge in [0.15, 0.2) is 23.0 Å². The molecule has 1 aromatic heterocycles. The maximum atomic E-state index is 10.7. The molecule has 11 nitrogen and oxygen atoms in total. The quantitative estimate of drug-likeness (QED) is 0.226. The van der Waals surface area contributed by atoms with E-state index >= 15 is 0 Å². The molecule has 186 valence electrons. The van der Waals surface area contributed by atoms with Crippen LogP contribution >= 0.6 is 0 Å². The molecule has 2 atom stereocenters. The molecule has 12 heteroatoms. The first kappa shape index (κ1) is 24.4. The Hall–Kier alpha value is -3.74. The molecule has 35 heavy (non-hydrogen) atoms. The van der Waals surface area contributed by atoms with Crippen LogP contribution in [-0.4, -0.2) is 64.6 Å². The van der Waals surface area contributed by atoms with E-state index < -0.39 is 22.7 Å². The van der Waals surface area contributed by atoms with Crippen molar-refractivity contribution in [2.24, 2.45) is 0 Å². The number of imidazole rings is 1. The summed E-state index contributed by atoms with van der Waals surface area (Å²) in [5, 5.41) is 19.9. The van der Waals surface area contributed by atoms with Crippen LogP contribution in [0.4, 0.5) is 0 Å². The average molecular weight is 504 g/mol. The van der Waals surface area contributed by atoms with Gasteiger partial charge in [0, 0.05) is 19.2 Å². The Morgan fingerprint density at radius 3 is 2.63 bits per heavy atom. The lowest BCUT2D eigenvalue weighted by molar-refractivity contribution is 0.0148. The highest BCUT2D eigenvalue weighted by Gasteiger charge is 2.35. The van der Waals surface area contributed by atoms with Gasteiger partial charge < -0.3 is 33.3 Å². The first-order valence-electron chi connectivity index (χ1n) is 10.6. The van der Waals surface area contributed by atoms with E-state index in [4.69, 9.17) is 14.0 Å². The summed E-state index contributed by atoms with van der Waals surface area (Å²) in [4.78, 5) is 6.54. The van der Waals surface area contributed by atoms with Crippen LogP contribution in [0.3, 0.4) is 0 Å². The van der Waals surface area contributed by atoms with E-state index in [9.17, 15) is 18.6 Å². The van der Waals surface area contributed by atoms with Crippen LogP contribution in [0.5, 0.6) is 23.0 Å². The highest BCUT2D eigenvalue weighted by atomic mass is 32.3. The second-order valence-electron chi connectivity index (χ2n) is 8.20. The number of benzene rings is 2. The Kier molecular flexibility index (Phi) is 6.87. The van der Waals surface area contributed by atoms with E-state index in [0.717, 1.165) is 24.9 Å². The van der Waals surface area contributed by atoms with E-state index in [-0.39, 0.29) is 11.5 Å². The number of hydrogen-bond donors (Lipinski definition) is 3. The number of phenols is 2. The molecule has 0 amide bonds. The summed E-state index contributed by atoms with van der Waals surface area (Å²) < 4.78 is 48.3. The lowest BCUT2D eigenvalue weighted by Crippen LogP contribution is -2.31. The number of fused-ring (bicyclic) bond motifs is 1. The van der Waals surface area contributed by atoms with Gasteiger partial charge >= 0.3 is 10.4 Å². The predicted molar refractivity (Wildman–Crippen MR) is 126 cm³/mol. The van der Waals surface area contributed by atoms with Gasteiger partial charge in [-0.05, 0) is 55.6 Å². The van der Waals surface area contributed by atoms with Crippen molar-refractivity contribution in [2.45, 2.75) is 18.8 Å². The van der Waals surface area contributed by atoms with Crippen LogP contribution in [0.25, 0.3) is 6.08 Å². The van der Waals surface area contributed by atoms with Gasteiger partial charge in [-0.3, -0.25) is 4.55 Å². The van der Waals surface area contributed by atoms with Crippen LogP contribution in [0.15, 0.2) is 55.2 Å². The van der Waals surface area contributed by atoms with Crippen molar-refractivity contribution in [3.8, 4) is 23.0 Å². The number of hydrogen-bond acceptors (Lipinski definition) is 9. The van der Waals surface area contributed by atoms with Crippen LogP contribution < -0.4 is 9.47 Å². The summed E-state index contributed by atoms with van der Waals surface area (Å²) in [6, 6.07) is 8.88. The zero-order chi connectivity index (χ0) is 25.2. The highest BCUT2D eigenvalue weighted by Crippen LogP contribution is 2.41. The van der Waals surface area contributed by atoms with Crippen molar-refractivity contribution in [2.75, 3.05) is 20.6 Å². The number of aromatic nitrogens is 2. The third kappa shape index (κ3) is 6.04. The topological polar surface area (TPSA) is 144 Å². The number of nitrogens with zero attached hydrogens (tertiary/aromatic N) is 3. The predicted octanol–water partition coefficient (Wildman–Crippen LogP) is 2.58. The minimum Gasteiger partial charge on any atom is -0.504 e. The van der Waals surface area contributed by atoms with Crippen molar-refractivity contribution >= 4 is 16.5 Å². The number of likely N-dealkylation sites (N-methyl/N-ethyl adjacent to an activating group) is 1. The van der Waals surface area contributed by atoms with Crippen LogP contribution in [0.2, 0.25) is 0 Å². The van der Waals surface area contributed by atoms with Crippen molar-refractivity contribution in [3.05, 3.63) is 72.0 Å². The van der Waals surface area contributed by atoms with Gasteiger partial charge in [0.1, 0.15) is 12.3 Å². The third-order valence-corrected chi connectivity index (χ3v) is 5.64. The summed E-state index contributed by atoms with van der Waals surface area (Å²) in [5.41, 5.74) is 2.04. The molecule has 3 aromatic rings.